The minimum absolute atomic E-state index is 0.00463. The maximum absolute atomic E-state index is 9.81. The van der Waals surface area contributed by atoms with Crippen molar-refractivity contribution in [2.75, 3.05) is 14.1 Å². The molecular formula is C14H30N2O4. The highest BCUT2D eigenvalue weighted by Gasteiger charge is 1.77. The summed E-state index contributed by atoms with van der Waals surface area (Å²) in [7, 11) is 3.20. The fraction of sp³-hybridized carbons (Fsp3) is 0.643. The van der Waals surface area contributed by atoms with E-state index in [1.807, 2.05) is 6.92 Å². The number of ketones is 1. The molecule has 0 atom stereocenters. The van der Waals surface area contributed by atoms with Gasteiger partial charge in [0.15, 0.2) is 0 Å². The molecule has 0 aliphatic rings. The zero-order valence-electron chi connectivity index (χ0n) is 14.0. The maximum atomic E-state index is 9.81. The second-order valence-corrected chi connectivity index (χ2v) is 3.60. The minimum atomic E-state index is 0.00463. The zero-order chi connectivity index (χ0) is 17.1. The first-order chi connectivity index (χ1) is 9.08. The predicted octanol–water partition coefficient (Wildman–Crippen LogP) is 1.96. The van der Waals surface area contributed by atoms with E-state index in [0.717, 1.165) is 0 Å². The first-order valence-electron chi connectivity index (χ1n) is 6.26. The van der Waals surface area contributed by atoms with Gasteiger partial charge in [-0.25, -0.2) is 0 Å². The van der Waals surface area contributed by atoms with Crippen LogP contribution in [0.25, 0.3) is 0 Å². The van der Waals surface area contributed by atoms with E-state index in [2.05, 4.69) is 10.6 Å². The van der Waals surface area contributed by atoms with E-state index in [0.29, 0.717) is 12.2 Å². The van der Waals surface area contributed by atoms with Crippen LogP contribution in [0.4, 0.5) is 0 Å². The molecule has 0 aromatic carbocycles. The molecule has 0 aromatic rings. The molecule has 2 amide bonds. The average molecular weight is 290 g/mol. The number of rotatable bonds is 1. The lowest BCUT2D eigenvalue weighted by Gasteiger charge is -1.80. The van der Waals surface area contributed by atoms with Crippen LogP contribution in [-0.4, -0.2) is 36.8 Å². The fourth-order valence-electron chi connectivity index (χ4n) is 0. The summed E-state index contributed by atoms with van der Waals surface area (Å²) in [6.45, 7) is 9.80. The number of amides is 2. The Bertz CT molecular complexity index is 250. The Labute approximate surface area is 122 Å². The molecule has 0 saturated carbocycles. The van der Waals surface area contributed by atoms with Gasteiger partial charge in [0, 0.05) is 34.4 Å². The molecule has 0 aliphatic carbocycles. The maximum Gasteiger partial charge on any atom is 0.216 e. The molecule has 0 fully saturated rings. The lowest BCUT2D eigenvalue weighted by atomic mass is 10.4. The molecule has 0 aromatic heterocycles. The molecule has 6 heteroatoms. The summed E-state index contributed by atoms with van der Waals surface area (Å²) in [5, 5.41) is 13.0. The Kier molecular flexibility index (Phi) is 29.8. The number of carbonyl (C=O) groups is 3. The van der Waals surface area contributed by atoms with E-state index in [-0.39, 0.29) is 17.6 Å². The van der Waals surface area contributed by atoms with Crippen molar-refractivity contribution in [2.24, 2.45) is 0 Å². The monoisotopic (exact) mass is 290 g/mol. The number of carbonyl (C=O) groups excluding carboxylic acids is 3. The van der Waals surface area contributed by atoms with Gasteiger partial charge in [-0.05, 0) is 20.8 Å². The molecule has 6 nitrogen and oxygen atoms in total. The van der Waals surface area contributed by atoms with Crippen molar-refractivity contribution >= 4 is 17.6 Å². The van der Waals surface area contributed by atoms with Crippen molar-refractivity contribution in [1.82, 2.24) is 10.6 Å². The first-order valence-corrected chi connectivity index (χ1v) is 6.26. The summed E-state index contributed by atoms with van der Waals surface area (Å²) in [5.41, 5.74) is 0. The van der Waals surface area contributed by atoms with Crippen molar-refractivity contribution in [2.45, 2.75) is 48.0 Å². The lowest BCUT2D eigenvalue weighted by Crippen LogP contribution is -2.11. The van der Waals surface area contributed by atoms with Gasteiger partial charge >= 0.3 is 0 Å². The second-order valence-electron chi connectivity index (χ2n) is 3.60. The smallest absolute Gasteiger partial charge is 0.216 e. The van der Waals surface area contributed by atoms with E-state index < -0.39 is 0 Å². The summed E-state index contributed by atoms with van der Waals surface area (Å²) in [4.78, 5) is 29.2. The van der Waals surface area contributed by atoms with Crippen LogP contribution in [0, 0.1) is 0 Å². The molecule has 0 aliphatic heterocycles. The van der Waals surface area contributed by atoms with E-state index in [4.69, 9.17) is 5.11 Å². The topological polar surface area (TPSA) is 95.5 Å². The van der Waals surface area contributed by atoms with Crippen LogP contribution < -0.4 is 10.6 Å². The van der Waals surface area contributed by atoms with E-state index >= 15 is 0 Å². The lowest BCUT2D eigenvalue weighted by molar-refractivity contribution is -0.119. The number of hydrogen-bond acceptors (Lipinski definition) is 4. The van der Waals surface area contributed by atoms with Gasteiger partial charge in [0.05, 0.1) is 5.76 Å². The highest BCUT2D eigenvalue weighted by molar-refractivity contribution is 5.74. The Morgan fingerprint density at radius 1 is 0.950 bits per heavy atom. The third kappa shape index (κ3) is 98.0. The van der Waals surface area contributed by atoms with Crippen LogP contribution in [0.5, 0.6) is 0 Å². The van der Waals surface area contributed by atoms with Gasteiger partial charge in [0.1, 0.15) is 5.78 Å². The highest BCUT2D eigenvalue weighted by Crippen LogP contribution is 1.77. The van der Waals surface area contributed by atoms with Crippen LogP contribution in [-0.2, 0) is 14.4 Å². The fourth-order valence-corrected chi connectivity index (χ4v) is 0. The van der Waals surface area contributed by atoms with E-state index in [1.165, 1.54) is 13.8 Å². The van der Waals surface area contributed by atoms with E-state index in [1.54, 1.807) is 40.9 Å². The van der Waals surface area contributed by atoms with E-state index in [9.17, 15) is 14.4 Å². The molecule has 0 radical (unpaired) electrons. The normalized spacial score (nSPS) is 8.30. The number of aliphatic hydroxyl groups excluding tert-OH is 1. The molecule has 0 heterocycles. The quantitative estimate of drug-likeness (QED) is 0.643. The van der Waals surface area contributed by atoms with Gasteiger partial charge in [0.25, 0.3) is 0 Å². The van der Waals surface area contributed by atoms with Crippen LogP contribution >= 0.6 is 0 Å². The average Bonchev–Trinajstić information content (AvgIpc) is 2.40. The molecular weight excluding hydrogens is 260 g/mol. The van der Waals surface area contributed by atoms with Crippen molar-refractivity contribution in [3.05, 3.63) is 11.8 Å². The number of allylic oxidation sites excluding steroid dienone is 2. The first kappa shape index (κ1) is 26.7. The third-order valence-corrected chi connectivity index (χ3v) is 1.62. The molecule has 0 saturated heterocycles. The van der Waals surface area contributed by atoms with Crippen LogP contribution in [0.1, 0.15) is 48.0 Å². The molecule has 120 valence electrons. The number of aliphatic hydroxyl groups is 1. The summed E-state index contributed by atoms with van der Waals surface area (Å²) in [6, 6.07) is 0. The van der Waals surface area contributed by atoms with Gasteiger partial charge < -0.3 is 20.5 Å². The zero-order valence-corrected chi connectivity index (χ0v) is 14.0. The van der Waals surface area contributed by atoms with Crippen LogP contribution in [0.15, 0.2) is 11.8 Å². The van der Waals surface area contributed by atoms with Gasteiger partial charge in [-0.15, -0.1) is 0 Å². The Balaban J connectivity index is -0.0000000853. The summed E-state index contributed by atoms with van der Waals surface area (Å²) >= 11 is 0. The van der Waals surface area contributed by atoms with Gasteiger partial charge in [-0.1, -0.05) is 13.0 Å². The van der Waals surface area contributed by atoms with Crippen LogP contribution in [0.2, 0.25) is 0 Å². The Morgan fingerprint density at radius 2 is 1.10 bits per heavy atom. The molecule has 0 rings (SSSR count). The van der Waals surface area contributed by atoms with Gasteiger partial charge in [-0.2, -0.15) is 0 Å². The molecule has 0 spiro atoms. The Hall–Kier alpha value is -1.85. The Morgan fingerprint density at radius 3 is 1.10 bits per heavy atom. The summed E-state index contributed by atoms with van der Waals surface area (Å²) in [5.74, 6) is 0.644. The van der Waals surface area contributed by atoms with Crippen molar-refractivity contribution < 1.29 is 19.5 Å². The minimum Gasteiger partial charge on any atom is -0.513 e. The highest BCUT2D eigenvalue weighted by atomic mass is 16.3. The third-order valence-electron chi connectivity index (χ3n) is 1.62. The van der Waals surface area contributed by atoms with Crippen LogP contribution in [0.3, 0.4) is 0 Å². The van der Waals surface area contributed by atoms with Crippen molar-refractivity contribution in [3.63, 3.8) is 0 Å². The molecule has 20 heavy (non-hydrogen) atoms. The summed E-state index contributed by atoms with van der Waals surface area (Å²) in [6.07, 6.45) is 2.31. The predicted molar refractivity (Wildman–Crippen MR) is 82.5 cm³/mol. The number of nitrogens with one attached hydrogen (secondary N) is 2. The second kappa shape index (κ2) is 22.3. The standard InChI is InChI=1S/2C4H8O.2C3H7NO/c2*1-3-4(2)5;2*1-3(5)4-2/h3H2,1-2H3;3,5H,1-2H3;2*1-2H3,(H,4,5). The number of Topliss-reactive ketones (excluding diaryl/α,β-unsaturated/α-hetero) is 1. The van der Waals surface area contributed by atoms with Gasteiger partial charge in [-0.3, -0.25) is 9.59 Å². The van der Waals surface area contributed by atoms with Crippen molar-refractivity contribution in [3.8, 4) is 0 Å². The number of hydrogen-bond donors (Lipinski definition) is 3. The van der Waals surface area contributed by atoms with Gasteiger partial charge in [0.2, 0.25) is 11.8 Å². The van der Waals surface area contributed by atoms with Crippen molar-refractivity contribution in [1.29, 1.82) is 0 Å². The molecule has 0 unspecified atom stereocenters. The molecule has 0 bridgehead atoms. The largest absolute Gasteiger partial charge is 0.513 e. The molecule has 3 N–H and O–H groups in total. The summed E-state index contributed by atoms with van der Waals surface area (Å²) < 4.78 is 0. The SMILES string of the molecule is CC=C(C)O.CCC(C)=O.CNC(C)=O.CNC(C)=O.